The summed E-state index contributed by atoms with van der Waals surface area (Å²) in [6.07, 6.45) is 5.15. The van der Waals surface area contributed by atoms with Crippen molar-refractivity contribution in [2.24, 2.45) is 13.0 Å². The average Bonchev–Trinajstić information content (AvgIpc) is 3.07. The number of aliphatic hydroxyl groups is 1. The minimum absolute atomic E-state index is 0.0669. The van der Waals surface area contributed by atoms with E-state index in [9.17, 15) is 9.90 Å². The van der Waals surface area contributed by atoms with E-state index in [-0.39, 0.29) is 11.8 Å². The molecule has 6 nitrogen and oxygen atoms in total. The molecule has 2 N–H and O–H groups in total. The molecule has 0 spiro atoms. The number of piperidine rings is 1. The fourth-order valence-electron chi connectivity index (χ4n) is 3.53. The molecule has 0 radical (unpaired) electrons. The molecule has 0 aliphatic carbocycles. The zero-order chi connectivity index (χ0) is 17.8. The van der Waals surface area contributed by atoms with E-state index >= 15 is 0 Å². The Bertz CT molecular complexity index is 710. The zero-order valence-electron chi connectivity index (χ0n) is 14.9. The lowest BCUT2D eigenvalue weighted by molar-refractivity contribution is 0.0405. The number of imidazole rings is 1. The van der Waals surface area contributed by atoms with Crippen LogP contribution in [-0.4, -0.2) is 45.6 Å². The number of hydrogen-bond acceptors (Lipinski definition) is 4. The molecule has 3 rings (SSSR count). The molecule has 2 aromatic rings. The van der Waals surface area contributed by atoms with E-state index in [0.29, 0.717) is 5.56 Å². The van der Waals surface area contributed by atoms with Crippen LogP contribution in [0, 0.1) is 5.92 Å². The molecule has 1 saturated heterocycles. The van der Waals surface area contributed by atoms with Crippen molar-refractivity contribution in [1.29, 1.82) is 0 Å². The van der Waals surface area contributed by atoms with Crippen LogP contribution in [0.5, 0.6) is 0 Å². The van der Waals surface area contributed by atoms with E-state index in [0.717, 1.165) is 38.3 Å². The summed E-state index contributed by atoms with van der Waals surface area (Å²) in [5.41, 5.74) is 1.85. The van der Waals surface area contributed by atoms with Crippen molar-refractivity contribution in [3.63, 3.8) is 0 Å². The average molecular weight is 342 g/mol. The zero-order valence-corrected chi connectivity index (χ0v) is 14.9. The van der Waals surface area contributed by atoms with Crippen molar-refractivity contribution in [3.05, 3.63) is 53.6 Å². The number of rotatable bonds is 5. The van der Waals surface area contributed by atoms with Crippen LogP contribution >= 0.6 is 0 Å². The monoisotopic (exact) mass is 342 g/mol. The Balaban J connectivity index is 1.62. The number of aromatic nitrogens is 2. The van der Waals surface area contributed by atoms with E-state index in [1.807, 2.05) is 42.1 Å². The first-order chi connectivity index (χ1) is 12.1. The van der Waals surface area contributed by atoms with Crippen LogP contribution in [0.3, 0.4) is 0 Å². The molecule has 2 heterocycles. The van der Waals surface area contributed by atoms with Gasteiger partial charge < -0.3 is 15.0 Å². The Labute approximate surface area is 148 Å². The number of nitrogens with one attached hydrogen (secondary N) is 1. The maximum absolute atomic E-state index is 11.6. The van der Waals surface area contributed by atoms with Crippen molar-refractivity contribution >= 4 is 5.91 Å². The summed E-state index contributed by atoms with van der Waals surface area (Å²) in [5.74, 6) is 0.865. The number of amides is 1. The lowest BCUT2D eigenvalue weighted by Gasteiger charge is -2.35. The summed E-state index contributed by atoms with van der Waals surface area (Å²) in [6, 6.07) is 7.73. The molecule has 1 amide bonds. The Kier molecular flexibility index (Phi) is 5.50. The quantitative estimate of drug-likeness (QED) is 0.868. The smallest absolute Gasteiger partial charge is 0.251 e. The van der Waals surface area contributed by atoms with Crippen LogP contribution < -0.4 is 5.32 Å². The van der Waals surface area contributed by atoms with Crippen LogP contribution in [0.4, 0.5) is 0 Å². The van der Waals surface area contributed by atoms with E-state index in [2.05, 4.69) is 15.2 Å². The van der Waals surface area contributed by atoms with Gasteiger partial charge >= 0.3 is 0 Å². The minimum Gasteiger partial charge on any atom is -0.385 e. The molecule has 1 aliphatic rings. The normalized spacial score (nSPS) is 19.6. The molecule has 2 unspecified atom stereocenters. The SMILES string of the molecule is CNC(=O)c1ccc(CN2CCCC(C(O)c3nccn3C)C2)cc1. The van der Waals surface area contributed by atoms with E-state index in [4.69, 9.17) is 0 Å². The van der Waals surface area contributed by atoms with Gasteiger partial charge in [-0.05, 0) is 37.1 Å². The van der Waals surface area contributed by atoms with Crippen LogP contribution in [0.25, 0.3) is 0 Å². The molecular formula is C19H26N4O2. The number of hydrogen-bond donors (Lipinski definition) is 2. The summed E-state index contributed by atoms with van der Waals surface area (Å²) in [5, 5.41) is 13.3. The summed E-state index contributed by atoms with van der Waals surface area (Å²) >= 11 is 0. The van der Waals surface area contributed by atoms with E-state index in [1.165, 1.54) is 5.56 Å². The van der Waals surface area contributed by atoms with Gasteiger partial charge in [0.1, 0.15) is 11.9 Å². The highest BCUT2D eigenvalue weighted by molar-refractivity contribution is 5.93. The van der Waals surface area contributed by atoms with Crippen LogP contribution in [0.2, 0.25) is 0 Å². The van der Waals surface area contributed by atoms with Gasteiger partial charge in [-0.3, -0.25) is 9.69 Å². The van der Waals surface area contributed by atoms with Crippen molar-refractivity contribution in [2.75, 3.05) is 20.1 Å². The van der Waals surface area contributed by atoms with Crippen LogP contribution in [0.15, 0.2) is 36.7 Å². The van der Waals surface area contributed by atoms with Gasteiger partial charge in [0.05, 0.1) is 0 Å². The number of aliphatic hydroxyl groups excluding tert-OH is 1. The number of nitrogens with zero attached hydrogens (tertiary/aromatic N) is 3. The second-order valence-corrected chi connectivity index (χ2v) is 6.75. The number of carbonyl (C=O) groups is 1. The molecule has 1 fully saturated rings. The first-order valence-electron chi connectivity index (χ1n) is 8.77. The third-order valence-corrected chi connectivity index (χ3v) is 4.96. The maximum Gasteiger partial charge on any atom is 0.251 e. The molecule has 0 bridgehead atoms. The number of benzene rings is 1. The highest BCUT2D eigenvalue weighted by Gasteiger charge is 2.29. The van der Waals surface area contributed by atoms with Gasteiger partial charge in [0.15, 0.2) is 0 Å². The standard InChI is InChI=1S/C19H26N4O2/c1-20-19(25)15-7-5-14(6-8-15)12-23-10-3-4-16(13-23)17(24)18-21-9-11-22(18)2/h5-9,11,16-17,24H,3-4,10,12-13H2,1-2H3,(H,20,25). The van der Waals surface area contributed by atoms with Gasteiger partial charge in [0.2, 0.25) is 0 Å². The third kappa shape index (κ3) is 4.08. The second-order valence-electron chi connectivity index (χ2n) is 6.75. The third-order valence-electron chi connectivity index (χ3n) is 4.96. The summed E-state index contributed by atoms with van der Waals surface area (Å²) in [6.45, 7) is 2.71. The molecule has 2 atom stereocenters. The molecule has 1 aromatic heterocycles. The maximum atomic E-state index is 11.6. The fourth-order valence-corrected chi connectivity index (χ4v) is 3.53. The Morgan fingerprint density at radius 1 is 1.40 bits per heavy atom. The topological polar surface area (TPSA) is 70.4 Å². The summed E-state index contributed by atoms with van der Waals surface area (Å²) < 4.78 is 1.89. The summed E-state index contributed by atoms with van der Waals surface area (Å²) in [7, 11) is 3.55. The molecular weight excluding hydrogens is 316 g/mol. The Morgan fingerprint density at radius 2 is 2.16 bits per heavy atom. The molecule has 6 heteroatoms. The summed E-state index contributed by atoms with van der Waals surface area (Å²) in [4.78, 5) is 18.3. The van der Waals surface area contributed by atoms with Gasteiger partial charge in [-0.15, -0.1) is 0 Å². The number of aryl methyl sites for hydroxylation is 1. The fraction of sp³-hybridized carbons (Fsp3) is 0.474. The number of carbonyl (C=O) groups excluding carboxylic acids is 1. The van der Waals surface area contributed by atoms with Crippen LogP contribution in [-0.2, 0) is 13.6 Å². The highest BCUT2D eigenvalue weighted by Crippen LogP contribution is 2.29. The molecule has 1 aromatic carbocycles. The highest BCUT2D eigenvalue weighted by atomic mass is 16.3. The molecule has 0 saturated carbocycles. The van der Waals surface area contributed by atoms with E-state index in [1.54, 1.807) is 13.2 Å². The van der Waals surface area contributed by atoms with Gasteiger partial charge in [-0.2, -0.15) is 0 Å². The molecule has 25 heavy (non-hydrogen) atoms. The van der Waals surface area contributed by atoms with Crippen LogP contribution in [0.1, 0.15) is 40.7 Å². The van der Waals surface area contributed by atoms with Gasteiger partial charge in [0.25, 0.3) is 5.91 Å². The van der Waals surface area contributed by atoms with Crippen molar-refractivity contribution in [1.82, 2.24) is 19.8 Å². The van der Waals surface area contributed by atoms with E-state index < -0.39 is 6.10 Å². The predicted octanol–water partition coefficient (Wildman–Crippen LogP) is 1.73. The van der Waals surface area contributed by atoms with Gasteiger partial charge in [0, 0.05) is 51.1 Å². The van der Waals surface area contributed by atoms with Crippen molar-refractivity contribution < 1.29 is 9.90 Å². The van der Waals surface area contributed by atoms with Crippen molar-refractivity contribution in [3.8, 4) is 0 Å². The lowest BCUT2D eigenvalue weighted by Crippen LogP contribution is -2.37. The number of likely N-dealkylation sites (tertiary alicyclic amines) is 1. The molecule has 134 valence electrons. The first-order valence-corrected chi connectivity index (χ1v) is 8.77. The largest absolute Gasteiger partial charge is 0.385 e. The van der Waals surface area contributed by atoms with Gasteiger partial charge in [-0.25, -0.2) is 4.98 Å². The Morgan fingerprint density at radius 3 is 2.80 bits per heavy atom. The Hall–Kier alpha value is -2.18. The molecule has 1 aliphatic heterocycles. The van der Waals surface area contributed by atoms with Gasteiger partial charge in [-0.1, -0.05) is 12.1 Å². The predicted molar refractivity (Wildman–Crippen MR) is 96.0 cm³/mol. The minimum atomic E-state index is -0.529. The first kappa shape index (κ1) is 17.6. The second kappa shape index (κ2) is 7.80. The van der Waals surface area contributed by atoms with Crippen molar-refractivity contribution in [2.45, 2.75) is 25.5 Å². The lowest BCUT2D eigenvalue weighted by atomic mass is 9.91.